The van der Waals surface area contributed by atoms with Crippen molar-refractivity contribution in [2.24, 2.45) is 0 Å². The van der Waals surface area contributed by atoms with Crippen LogP contribution in [0.1, 0.15) is 5.56 Å². The molecular formula is C15H12ClNO. The topological polar surface area (TPSA) is 39.2 Å². The summed E-state index contributed by atoms with van der Waals surface area (Å²) in [6.45, 7) is 1.98. The zero-order chi connectivity index (χ0) is 12.7. The Hall–Kier alpha value is -1.93. The third kappa shape index (κ3) is 1.85. The Bertz CT molecular complexity index is 730. The highest BCUT2D eigenvalue weighted by molar-refractivity contribution is 6.31. The monoisotopic (exact) mass is 257 g/mol. The Balaban J connectivity index is 2.16. The van der Waals surface area contributed by atoms with E-state index in [1.165, 1.54) is 0 Å². The van der Waals surface area contributed by atoms with Gasteiger partial charge in [0.05, 0.1) is 0 Å². The fourth-order valence-electron chi connectivity index (χ4n) is 1.95. The molecule has 0 saturated heterocycles. The molecule has 0 unspecified atom stereocenters. The molecule has 3 aromatic rings. The lowest BCUT2D eigenvalue weighted by atomic mass is 10.1. The summed E-state index contributed by atoms with van der Waals surface area (Å²) in [6.07, 6.45) is 0. The van der Waals surface area contributed by atoms with Crippen molar-refractivity contribution in [2.75, 3.05) is 5.73 Å². The van der Waals surface area contributed by atoms with E-state index in [0.717, 1.165) is 33.5 Å². The van der Waals surface area contributed by atoms with Crippen LogP contribution >= 0.6 is 11.6 Å². The molecule has 0 radical (unpaired) electrons. The summed E-state index contributed by atoms with van der Waals surface area (Å²) < 4.78 is 5.79. The fourth-order valence-corrected chi connectivity index (χ4v) is 2.13. The second-order valence-electron chi connectivity index (χ2n) is 4.36. The maximum absolute atomic E-state index is 5.96. The number of aryl methyl sites for hydroxylation is 1. The first-order valence-electron chi connectivity index (χ1n) is 5.69. The predicted molar refractivity (Wildman–Crippen MR) is 75.8 cm³/mol. The highest BCUT2D eigenvalue weighted by Crippen LogP contribution is 2.30. The van der Waals surface area contributed by atoms with Crippen molar-refractivity contribution in [1.29, 1.82) is 0 Å². The lowest BCUT2D eigenvalue weighted by Crippen LogP contribution is -1.89. The Labute approximate surface area is 110 Å². The Morgan fingerprint density at radius 1 is 1.06 bits per heavy atom. The van der Waals surface area contributed by atoms with Gasteiger partial charge in [-0.05, 0) is 42.8 Å². The molecule has 0 aliphatic heterocycles. The molecule has 0 saturated carbocycles. The van der Waals surface area contributed by atoms with E-state index in [9.17, 15) is 0 Å². The number of anilines is 1. The number of furan rings is 1. The first-order valence-corrected chi connectivity index (χ1v) is 6.07. The number of fused-ring (bicyclic) bond motifs is 1. The lowest BCUT2D eigenvalue weighted by molar-refractivity contribution is 0.631. The van der Waals surface area contributed by atoms with Crippen LogP contribution in [0.15, 0.2) is 46.9 Å². The summed E-state index contributed by atoms with van der Waals surface area (Å²) in [5.74, 6) is 0.805. The number of hydrogen-bond donors (Lipinski definition) is 1. The Morgan fingerprint density at radius 3 is 2.67 bits per heavy atom. The minimum Gasteiger partial charge on any atom is -0.456 e. The molecule has 18 heavy (non-hydrogen) atoms. The zero-order valence-electron chi connectivity index (χ0n) is 9.91. The maximum Gasteiger partial charge on any atom is 0.135 e. The largest absolute Gasteiger partial charge is 0.456 e. The van der Waals surface area contributed by atoms with E-state index in [2.05, 4.69) is 0 Å². The molecule has 0 bridgehead atoms. The number of rotatable bonds is 1. The number of benzene rings is 2. The summed E-state index contributed by atoms with van der Waals surface area (Å²) in [7, 11) is 0. The van der Waals surface area contributed by atoms with Crippen LogP contribution in [0.5, 0.6) is 0 Å². The normalized spacial score (nSPS) is 11.0. The van der Waals surface area contributed by atoms with Crippen LogP contribution in [-0.2, 0) is 0 Å². The van der Waals surface area contributed by atoms with Crippen molar-refractivity contribution < 1.29 is 4.42 Å². The number of nitrogens with two attached hydrogens (primary N) is 1. The van der Waals surface area contributed by atoms with E-state index in [-0.39, 0.29) is 0 Å². The van der Waals surface area contributed by atoms with Crippen LogP contribution in [0.4, 0.5) is 5.69 Å². The molecule has 0 aliphatic carbocycles. The molecule has 3 heteroatoms. The van der Waals surface area contributed by atoms with Gasteiger partial charge in [-0.3, -0.25) is 0 Å². The van der Waals surface area contributed by atoms with E-state index in [1.807, 2.05) is 49.4 Å². The lowest BCUT2D eigenvalue weighted by Gasteiger charge is -2.01. The maximum atomic E-state index is 5.96. The van der Waals surface area contributed by atoms with E-state index >= 15 is 0 Å². The summed E-state index contributed by atoms with van der Waals surface area (Å²) in [4.78, 5) is 0. The average molecular weight is 258 g/mol. The van der Waals surface area contributed by atoms with Crippen LogP contribution in [0, 0.1) is 6.92 Å². The highest BCUT2D eigenvalue weighted by atomic mass is 35.5. The van der Waals surface area contributed by atoms with E-state index in [0.29, 0.717) is 5.02 Å². The molecule has 90 valence electrons. The summed E-state index contributed by atoms with van der Waals surface area (Å²) >= 11 is 5.96. The summed E-state index contributed by atoms with van der Waals surface area (Å²) in [6, 6.07) is 13.5. The van der Waals surface area contributed by atoms with Crippen LogP contribution in [-0.4, -0.2) is 0 Å². The van der Waals surface area contributed by atoms with Crippen molar-refractivity contribution >= 4 is 28.3 Å². The van der Waals surface area contributed by atoms with Gasteiger partial charge in [0, 0.05) is 21.7 Å². The Morgan fingerprint density at radius 2 is 1.89 bits per heavy atom. The van der Waals surface area contributed by atoms with Gasteiger partial charge in [-0.15, -0.1) is 0 Å². The standard InChI is InChI=1S/C15H12ClNO/c1-9-2-3-10(7-13(9)17)15-8-11-6-12(16)4-5-14(11)18-15/h2-8H,17H2,1H3. The fraction of sp³-hybridized carbons (Fsp3) is 0.0667. The Kier molecular flexibility index (Phi) is 2.53. The van der Waals surface area contributed by atoms with Gasteiger partial charge >= 0.3 is 0 Å². The molecule has 0 fully saturated rings. The van der Waals surface area contributed by atoms with Gasteiger partial charge in [0.2, 0.25) is 0 Å². The van der Waals surface area contributed by atoms with Crippen LogP contribution in [0.2, 0.25) is 5.02 Å². The smallest absolute Gasteiger partial charge is 0.135 e. The minimum atomic E-state index is 0.707. The molecule has 0 spiro atoms. The molecular weight excluding hydrogens is 246 g/mol. The summed E-state index contributed by atoms with van der Waals surface area (Å²) in [5, 5.41) is 1.70. The number of nitrogen functional groups attached to an aromatic ring is 1. The van der Waals surface area contributed by atoms with Crippen molar-refractivity contribution in [1.82, 2.24) is 0 Å². The van der Waals surface area contributed by atoms with Crippen molar-refractivity contribution in [2.45, 2.75) is 6.92 Å². The van der Waals surface area contributed by atoms with Crippen LogP contribution in [0.25, 0.3) is 22.3 Å². The molecule has 0 aliphatic rings. The first kappa shape index (κ1) is 11.2. The molecule has 3 rings (SSSR count). The van der Waals surface area contributed by atoms with Crippen molar-refractivity contribution in [3.63, 3.8) is 0 Å². The van der Waals surface area contributed by atoms with E-state index in [1.54, 1.807) is 0 Å². The van der Waals surface area contributed by atoms with Gasteiger partial charge in [0.15, 0.2) is 0 Å². The van der Waals surface area contributed by atoms with Gasteiger partial charge < -0.3 is 10.2 Å². The highest BCUT2D eigenvalue weighted by Gasteiger charge is 2.07. The van der Waals surface area contributed by atoms with Gasteiger partial charge in [0.25, 0.3) is 0 Å². The summed E-state index contributed by atoms with van der Waals surface area (Å²) in [5.41, 5.74) is 9.56. The van der Waals surface area contributed by atoms with Gasteiger partial charge in [0.1, 0.15) is 11.3 Å². The van der Waals surface area contributed by atoms with Crippen LogP contribution < -0.4 is 5.73 Å². The molecule has 1 heterocycles. The first-order chi connectivity index (χ1) is 8.63. The van der Waals surface area contributed by atoms with E-state index in [4.69, 9.17) is 21.8 Å². The van der Waals surface area contributed by atoms with E-state index < -0.39 is 0 Å². The SMILES string of the molecule is Cc1ccc(-c2cc3cc(Cl)ccc3o2)cc1N. The number of hydrogen-bond acceptors (Lipinski definition) is 2. The molecule has 0 atom stereocenters. The quantitative estimate of drug-likeness (QED) is 0.645. The predicted octanol–water partition coefficient (Wildman–Crippen LogP) is 4.64. The molecule has 1 aromatic heterocycles. The third-order valence-corrected chi connectivity index (χ3v) is 3.28. The molecule has 2 aromatic carbocycles. The second kappa shape index (κ2) is 4.07. The van der Waals surface area contributed by atoms with Crippen LogP contribution in [0.3, 0.4) is 0 Å². The minimum absolute atomic E-state index is 0.707. The average Bonchev–Trinajstić information content (AvgIpc) is 2.75. The molecule has 0 amide bonds. The van der Waals surface area contributed by atoms with Gasteiger partial charge in [-0.25, -0.2) is 0 Å². The van der Waals surface area contributed by atoms with Gasteiger partial charge in [-0.2, -0.15) is 0 Å². The van der Waals surface area contributed by atoms with Crippen molar-refractivity contribution in [3.8, 4) is 11.3 Å². The molecule has 2 nitrogen and oxygen atoms in total. The second-order valence-corrected chi connectivity index (χ2v) is 4.80. The third-order valence-electron chi connectivity index (χ3n) is 3.04. The van der Waals surface area contributed by atoms with Crippen molar-refractivity contribution in [3.05, 3.63) is 53.1 Å². The zero-order valence-corrected chi connectivity index (χ0v) is 10.7. The molecule has 2 N–H and O–H groups in total. The van der Waals surface area contributed by atoms with Gasteiger partial charge in [-0.1, -0.05) is 23.7 Å². The number of halogens is 1.